The van der Waals surface area contributed by atoms with Crippen molar-refractivity contribution in [1.29, 1.82) is 0 Å². The molecular formula is C18H34O5. The zero-order valence-electron chi connectivity index (χ0n) is 15.1. The van der Waals surface area contributed by atoms with Crippen LogP contribution in [-0.2, 0) is 14.3 Å². The number of unbranched alkanes of at least 4 members (excludes halogenated alkanes) is 4. The third-order valence-corrected chi connectivity index (χ3v) is 3.86. The molecule has 5 nitrogen and oxygen atoms in total. The summed E-state index contributed by atoms with van der Waals surface area (Å²) in [6.07, 6.45) is 6.72. The Morgan fingerprint density at radius 3 is 2.13 bits per heavy atom. The third-order valence-electron chi connectivity index (χ3n) is 3.86. The molecule has 0 aromatic heterocycles. The van der Waals surface area contributed by atoms with E-state index >= 15 is 0 Å². The number of carboxylic acid groups (broad SMARTS) is 2. The molecule has 0 bridgehead atoms. The highest BCUT2D eigenvalue weighted by Gasteiger charge is 2.26. The molecule has 23 heavy (non-hydrogen) atoms. The van der Waals surface area contributed by atoms with Gasteiger partial charge in [-0.2, -0.15) is 0 Å². The zero-order valence-corrected chi connectivity index (χ0v) is 15.1. The molecule has 0 saturated carbocycles. The second-order valence-electron chi connectivity index (χ2n) is 7.36. The number of rotatable bonds is 13. The van der Waals surface area contributed by atoms with Crippen molar-refractivity contribution in [1.82, 2.24) is 0 Å². The first-order valence-corrected chi connectivity index (χ1v) is 8.74. The van der Waals surface area contributed by atoms with Crippen LogP contribution < -0.4 is 0 Å². The van der Waals surface area contributed by atoms with Crippen LogP contribution in [0.1, 0.15) is 79.1 Å². The molecule has 0 fully saturated rings. The number of hydrogen-bond acceptors (Lipinski definition) is 3. The molecular weight excluding hydrogens is 296 g/mol. The van der Waals surface area contributed by atoms with Crippen molar-refractivity contribution in [3.63, 3.8) is 0 Å². The van der Waals surface area contributed by atoms with E-state index in [1.807, 2.05) is 20.8 Å². The second-order valence-corrected chi connectivity index (χ2v) is 7.36. The lowest BCUT2D eigenvalue weighted by Crippen LogP contribution is -2.27. The Morgan fingerprint density at radius 1 is 1.04 bits per heavy atom. The number of aliphatic carboxylic acids is 2. The highest BCUT2D eigenvalue weighted by molar-refractivity contribution is 5.77. The molecule has 2 N–H and O–H groups in total. The van der Waals surface area contributed by atoms with Crippen molar-refractivity contribution >= 4 is 11.9 Å². The fraction of sp³-hybridized carbons (Fsp3) is 0.889. The molecule has 0 aromatic rings. The Hall–Kier alpha value is -1.10. The van der Waals surface area contributed by atoms with Gasteiger partial charge in [0.15, 0.2) is 0 Å². The van der Waals surface area contributed by atoms with Gasteiger partial charge in [0.2, 0.25) is 0 Å². The van der Waals surface area contributed by atoms with Crippen LogP contribution in [0, 0.1) is 11.8 Å². The minimum Gasteiger partial charge on any atom is -0.481 e. The van der Waals surface area contributed by atoms with E-state index in [2.05, 4.69) is 6.92 Å². The van der Waals surface area contributed by atoms with E-state index in [0.29, 0.717) is 13.0 Å². The Labute approximate surface area is 140 Å². The topological polar surface area (TPSA) is 83.8 Å². The van der Waals surface area contributed by atoms with Gasteiger partial charge in [-0.3, -0.25) is 9.59 Å². The SMILES string of the molecule is CCCCCCC[C@@H](COC(C)(C)C)CC(CC(=O)O)C(=O)O. The van der Waals surface area contributed by atoms with Crippen LogP contribution in [0.15, 0.2) is 0 Å². The van der Waals surface area contributed by atoms with Crippen molar-refractivity contribution in [3.8, 4) is 0 Å². The molecule has 0 saturated heterocycles. The number of ether oxygens (including phenoxy) is 1. The van der Waals surface area contributed by atoms with Crippen LogP contribution in [0.25, 0.3) is 0 Å². The summed E-state index contributed by atoms with van der Waals surface area (Å²) in [6.45, 7) is 8.57. The van der Waals surface area contributed by atoms with E-state index in [1.54, 1.807) is 0 Å². The fourth-order valence-corrected chi connectivity index (χ4v) is 2.56. The van der Waals surface area contributed by atoms with Crippen LogP contribution in [-0.4, -0.2) is 34.4 Å². The molecule has 5 heteroatoms. The summed E-state index contributed by atoms with van der Waals surface area (Å²) >= 11 is 0. The molecule has 2 atom stereocenters. The Bertz CT molecular complexity index is 346. The largest absolute Gasteiger partial charge is 0.481 e. The molecule has 0 aliphatic rings. The summed E-state index contributed by atoms with van der Waals surface area (Å²) in [5.41, 5.74) is -0.272. The van der Waals surface area contributed by atoms with Crippen LogP contribution in [0.4, 0.5) is 0 Å². The predicted octanol–water partition coefficient (Wildman–Crippen LogP) is 4.34. The van der Waals surface area contributed by atoms with Crippen molar-refractivity contribution in [2.75, 3.05) is 6.61 Å². The highest BCUT2D eigenvalue weighted by Crippen LogP contribution is 2.24. The monoisotopic (exact) mass is 330 g/mol. The predicted molar refractivity (Wildman–Crippen MR) is 90.6 cm³/mol. The lowest BCUT2D eigenvalue weighted by atomic mass is 9.88. The van der Waals surface area contributed by atoms with Crippen molar-refractivity contribution in [3.05, 3.63) is 0 Å². The van der Waals surface area contributed by atoms with Gasteiger partial charge in [-0.1, -0.05) is 39.0 Å². The van der Waals surface area contributed by atoms with Gasteiger partial charge >= 0.3 is 11.9 Å². The van der Waals surface area contributed by atoms with Crippen molar-refractivity contribution in [2.24, 2.45) is 11.8 Å². The summed E-state index contributed by atoms with van der Waals surface area (Å²) in [5, 5.41) is 18.1. The normalized spacial score (nSPS) is 14.4. The van der Waals surface area contributed by atoms with Gasteiger partial charge in [-0.15, -0.1) is 0 Å². The van der Waals surface area contributed by atoms with Gasteiger partial charge in [0.05, 0.1) is 24.5 Å². The maximum Gasteiger partial charge on any atom is 0.307 e. The summed E-state index contributed by atoms with van der Waals surface area (Å²) in [5.74, 6) is -2.83. The van der Waals surface area contributed by atoms with E-state index in [-0.39, 0.29) is 17.9 Å². The highest BCUT2D eigenvalue weighted by atomic mass is 16.5. The van der Waals surface area contributed by atoms with E-state index in [1.165, 1.54) is 19.3 Å². The van der Waals surface area contributed by atoms with Gasteiger partial charge in [0, 0.05) is 0 Å². The minimum absolute atomic E-state index is 0.0938. The van der Waals surface area contributed by atoms with Crippen molar-refractivity contribution < 1.29 is 24.5 Å². The maximum absolute atomic E-state index is 11.3. The fourth-order valence-electron chi connectivity index (χ4n) is 2.56. The molecule has 0 aliphatic carbocycles. The molecule has 0 aromatic carbocycles. The Balaban J connectivity index is 4.54. The van der Waals surface area contributed by atoms with Gasteiger partial charge in [-0.25, -0.2) is 0 Å². The summed E-state index contributed by atoms with van der Waals surface area (Å²) in [7, 11) is 0. The summed E-state index contributed by atoms with van der Waals surface area (Å²) < 4.78 is 5.81. The average Bonchev–Trinajstić information content (AvgIpc) is 2.41. The molecule has 1 unspecified atom stereocenters. The quantitative estimate of drug-likeness (QED) is 0.491. The molecule has 0 rings (SSSR count). The Morgan fingerprint density at radius 2 is 1.65 bits per heavy atom. The number of hydrogen-bond donors (Lipinski definition) is 2. The lowest BCUT2D eigenvalue weighted by Gasteiger charge is -2.26. The van der Waals surface area contributed by atoms with Crippen LogP contribution >= 0.6 is 0 Å². The molecule has 0 heterocycles. The molecule has 0 aliphatic heterocycles. The average molecular weight is 330 g/mol. The second kappa shape index (κ2) is 11.4. The summed E-state index contributed by atoms with van der Waals surface area (Å²) in [4.78, 5) is 22.1. The van der Waals surface area contributed by atoms with Crippen LogP contribution in [0.5, 0.6) is 0 Å². The van der Waals surface area contributed by atoms with Gasteiger partial charge < -0.3 is 14.9 Å². The summed E-state index contributed by atoms with van der Waals surface area (Å²) in [6, 6.07) is 0. The van der Waals surface area contributed by atoms with Crippen LogP contribution in [0.2, 0.25) is 0 Å². The number of carboxylic acids is 2. The smallest absolute Gasteiger partial charge is 0.307 e. The van der Waals surface area contributed by atoms with Crippen molar-refractivity contribution in [2.45, 2.75) is 84.7 Å². The zero-order chi connectivity index (χ0) is 17.9. The molecule has 0 radical (unpaired) electrons. The van der Waals surface area contributed by atoms with E-state index in [4.69, 9.17) is 9.84 Å². The first-order chi connectivity index (χ1) is 10.7. The molecule has 136 valence electrons. The molecule has 0 spiro atoms. The maximum atomic E-state index is 11.3. The van der Waals surface area contributed by atoms with E-state index < -0.39 is 17.9 Å². The first kappa shape index (κ1) is 21.9. The standard InChI is InChI=1S/C18H34O5/c1-5-6-7-8-9-10-14(13-23-18(2,3)4)11-15(17(21)22)12-16(19)20/h14-15H,5-13H2,1-4H3,(H,19,20)(H,21,22)/t14-,15?/m1/s1. The van der Waals surface area contributed by atoms with E-state index in [0.717, 1.165) is 19.3 Å². The van der Waals surface area contributed by atoms with E-state index in [9.17, 15) is 14.7 Å². The Kier molecular flexibility index (Phi) is 10.9. The van der Waals surface area contributed by atoms with Gasteiger partial charge in [0.1, 0.15) is 0 Å². The molecule has 0 amide bonds. The van der Waals surface area contributed by atoms with Gasteiger partial charge in [-0.05, 0) is 39.5 Å². The minimum atomic E-state index is -1.06. The lowest BCUT2D eigenvalue weighted by molar-refractivity contribution is -0.149. The third kappa shape index (κ3) is 13.1. The first-order valence-electron chi connectivity index (χ1n) is 8.74. The van der Waals surface area contributed by atoms with Gasteiger partial charge in [0.25, 0.3) is 0 Å². The number of carbonyl (C=O) groups is 2. The van der Waals surface area contributed by atoms with Crippen LogP contribution in [0.3, 0.4) is 0 Å².